The van der Waals surface area contributed by atoms with E-state index < -0.39 is 0 Å². The molecule has 2 aromatic carbocycles. The summed E-state index contributed by atoms with van der Waals surface area (Å²) in [5.41, 5.74) is 0. The van der Waals surface area contributed by atoms with Crippen molar-refractivity contribution < 1.29 is 14.3 Å². The summed E-state index contributed by atoms with van der Waals surface area (Å²) in [4.78, 5) is 26.3. The molecule has 0 radical (unpaired) electrons. The van der Waals surface area contributed by atoms with Crippen molar-refractivity contribution in [3.8, 4) is 5.75 Å². The second-order valence-corrected chi connectivity index (χ2v) is 7.77. The van der Waals surface area contributed by atoms with Crippen molar-refractivity contribution in [2.75, 3.05) is 19.7 Å². The number of hydrogen-bond donors (Lipinski definition) is 1. The van der Waals surface area contributed by atoms with Gasteiger partial charge in [-0.1, -0.05) is 50.2 Å². The lowest BCUT2D eigenvalue weighted by Crippen LogP contribution is -2.50. The standard InChI is InChI=1S/C23H30N2O3/c1-17(2)23(27)24-19-10-6-14-25(16-19)22(26)13-7-15-28-21-12-5-9-18-8-3-4-11-20(18)21/h3-5,8-9,11-12,17,19H,6-7,10,13-16H2,1-2H3,(H,24,27). The number of benzene rings is 2. The normalized spacial score (nSPS) is 17.0. The summed E-state index contributed by atoms with van der Waals surface area (Å²) in [5.74, 6) is 1.03. The van der Waals surface area contributed by atoms with Crippen molar-refractivity contribution in [3.63, 3.8) is 0 Å². The second kappa shape index (κ2) is 9.58. The minimum atomic E-state index is -0.0303. The summed E-state index contributed by atoms with van der Waals surface area (Å²) in [5, 5.41) is 5.30. The van der Waals surface area contributed by atoms with Crippen molar-refractivity contribution >= 4 is 22.6 Å². The van der Waals surface area contributed by atoms with E-state index >= 15 is 0 Å². The SMILES string of the molecule is CC(C)C(=O)NC1CCCN(C(=O)CCCOc2cccc3ccccc23)C1. The van der Waals surface area contributed by atoms with Crippen LogP contribution in [0.1, 0.15) is 39.5 Å². The lowest BCUT2D eigenvalue weighted by molar-refractivity contribution is -0.134. The molecule has 2 aromatic rings. The van der Waals surface area contributed by atoms with Crippen LogP contribution in [0.4, 0.5) is 0 Å². The first-order valence-corrected chi connectivity index (χ1v) is 10.2. The van der Waals surface area contributed by atoms with Gasteiger partial charge in [0.25, 0.3) is 0 Å². The predicted molar refractivity (Wildman–Crippen MR) is 111 cm³/mol. The lowest BCUT2D eigenvalue weighted by atomic mass is 10.0. The molecule has 1 atom stereocenters. The molecule has 150 valence electrons. The maximum absolute atomic E-state index is 12.5. The summed E-state index contributed by atoms with van der Waals surface area (Å²) in [6.07, 6.45) is 3.02. The van der Waals surface area contributed by atoms with Crippen LogP contribution in [0.5, 0.6) is 5.75 Å². The summed E-state index contributed by atoms with van der Waals surface area (Å²) in [7, 11) is 0. The number of likely N-dealkylation sites (tertiary alicyclic amines) is 1. The van der Waals surface area contributed by atoms with Gasteiger partial charge in [0, 0.05) is 36.9 Å². The fraction of sp³-hybridized carbons (Fsp3) is 0.478. The van der Waals surface area contributed by atoms with Gasteiger partial charge >= 0.3 is 0 Å². The summed E-state index contributed by atoms with van der Waals surface area (Å²) in [6, 6.07) is 14.2. The molecule has 5 heteroatoms. The van der Waals surface area contributed by atoms with Crippen molar-refractivity contribution in [2.45, 2.75) is 45.6 Å². The van der Waals surface area contributed by atoms with Crippen LogP contribution >= 0.6 is 0 Å². The van der Waals surface area contributed by atoms with Gasteiger partial charge in [-0.15, -0.1) is 0 Å². The first-order valence-electron chi connectivity index (χ1n) is 10.2. The minimum Gasteiger partial charge on any atom is -0.493 e. The van der Waals surface area contributed by atoms with E-state index in [9.17, 15) is 9.59 Å². The summed E-state index contributed by atoms with van der Waals surface area (Å²) < 4.78 is 5.93. The Morgan fingerprint density at radius 3 is 2.79 bits per heavy atom. The molecular weight excluding hydrogens is 352 g/mol. The van der Waals surface area contributed by atoms with Crippen LogP contribution in [0.2, 0.25) is 0 Å². The third-order valence-corrected chi connectivity index (χ3v) is 5.19. The third-order valence-electron chi connectivity index (χ3n) is 5.19. The van der Waals surface area contributed by atoms with Crippen LogP contribution in [0.15, 0.2) is 42.5 Å². The molecule has 1 unspecified atom stereocenters. The maximum Gasteiger partial charge on any atom is 0.222 e. The van der Waals surface area contributed by atoms with Gasteiger partial charge in [0.2, 0.25) is 11.8 Å². The number of piperidine rings is 1. The monoisotopic (exact) mass is 382 g/mol. The van der Waals surface area contributed by atoms with Gasteiger partial charge in [0.05, 0.1) is 6.61 Å². The Morgan fingerprint density at radius 1 is 1.18 bits per heavy atom. The quantitative estimate of drug-likeness (QED) is 0.742. The van der Waals surface area contributed by atoms with Crippen LogP contribution in [0.25, 0.3) is 10.8 Å². The molecule has 0 aliphatic carbocycles. The van der Waals surface area contributed by atoms with E-state index in [-0.39, 0.29) is 23.8 Å². The third kappa shape index (κ3) is 5.24. The zero-order chi connectivity index (χ0) is 19.9. The molecule has 1 fully saturated rings. The van der Waals surface area contributed by atoms with Crippen LogP contribution < -0.4 is 10.1 Å². The van der Waals surface area contributed by atoms with Crippen molar-refractivity contribution in [3.05, 3.63) is 42.5 Å². The highest BCUT2D eigenvalue weighted by molar-refractivity contribution is 5.88. The molecule has 1 N–H and O–H groups in total. The van der Waals surface area contributed by atoms with E-state index in [0.717, 1.165) is 35.9 Å². The molecule has 5 nitrogen and oxygen atoms in total. The number of rotatable bonds is 7. The van der Waals surface area contributed by atoms with Gasteiger partial charge in [-0.05, 0) is 30.7 Å². The van der Waals surface area contributed by atoms with Gasteiger partial charge in [-0.3, -0.25) is 9.59 Å². The Kier molecular flexibility index (Phi) is 6.90. The Bertz CT molecular complexity index is 813. The lowest BCUT2D eigenvalue weighted by Gasteiger charge is -2.33. The topological polar surface area (TPSA) is 58.6 Å². The molecule has 3 rings (SSSR count). The van der Waals surface area contributed by atoms with Crippen LogP contribution in [0, 0.1) is 5.92 Å². The number of hydrogen-bond acceptors (Lipinski definition) is 3. The van der Waals surface area contributed by atoms with Gasteiger partial charge < -0.3 is 15.0 Å². The number of amides is 2. The summed E-state index contributed by atoms with van der Waals surface area (Å²) in [6.45, 7) is 5.67. The second-order valence-electron chi connectivity index (χ2n) is 7.77. The van der Waals surface area contributed by atoms with E-state index in [1.165, 1.54) is 0 Å². The number of carbonyl (C=O) groups is 2. The molecule has 1 aliphatic rings. The molecule has 28 heavy (non-hydrogen) atoms. The Morgan fingerprint density at radius 2 is 1.96 bits per heavy atom. The number of fused-ring (bicyclic) bond motifs is 1. The average molecular weight is 383 g/mol. The Hall–Kier alpha value is -2.56. The van der Waals surface area contributed by atoms with Gasteiger partial charge in [0.1, 0.15) is 5.75 Å². The van der Waals surface area contributed by atoms with Crippen molar-refractivity contribution in [2.24, 2.45) is 5.92 Å². The van der Waals surface area contributed by atoms with Gasteiger partial charge in [-0.25, -0.2) is 0 Å². The fourth-order valence-electron chi connectivity index (χ4n) is 3.57. The maximum atomic E-state index is 12.5. The fourth-order valence-corrected chi connectivity index (χ4v) is 3.57. The molecule has 0 aromatic heterocycles. The van der Waals surface area contributed by atoms with Gasteiger partial charge in [-0.2, -0.15) is 0 Å². The minimum absolute atomic E-state index is 0.0303. The van der Waals surface area contributed by atoms with Gasteiger partial charge in [0.15, 0.2) is 0 Å². The van der Waals surface area contributed by atoms with Crippen LogP contribution in [-0.4, -0.2) is 42.5 Å². The van der Waals surface area contributed by atoms with E-state index in [2.05, 4.69) is 23.5 Å². The summed E-state index contributed by atoms with van der Waals surface area (Å²) >= 11 is 0. The number of nitrogens with one attached hydrogen (secondary N) is 1. The molecule has 0 saturated carbocycles. The van der Waals surface area contributed by atoms with Crippen molar-refractivity contribution in [1.82, 2.24) is 10.2 Å². The zero-order valence-corrected chi connectivity index (χ0v) is 16.8. The first-order chi connectivity index (χ1) is 13.5. The molecular formula is C23H30N2O3. The number of ether oxygens (including phenoxy) is 1. The van der Waals surface area contributed by atoms with E-state index in [1.54, 1.807) is 0 Å². The molecule has 2 amide bonds. The van der Waals surface area contributed by atoms with Crippen molar-refractivity contribution in [1.29, 1.82) is 0 Å². The zero-order valence-electron chi connectivity index (χ0n) is 16.8. The number of carbonyl (C=O) groups excluding carboxylic acids is 2. The highest BCUT2D eigenvalue weighted by atomic mass is 16.5. The highest BCUT2D eigenvalue weighted by Gasteiger charge is 2.25. The van der Waals surface area contributed by atoms with Crippen LogP contribution in [0.3, 0.4) is 0 Å². The Balaban J connectivity index is 1.44. The molecule has 0 spiro atoms. The smallest absolute Gasteiger partial charge is 0.222 e. The highest BCUT2D eigenvalue weighted by Crippen LogP contribution is 2.25. The molecule has 0 bridgehead atoms. The molecule has 1 aliphatic heterocycles. The van der Waals surface area contributed by atoms with E-state index in [1.807, 2.05) is 43.0 Å². The van der Waals surface area contributed by atoms with E-state index in [4.69, 9.17) is 4.74 Å². The largest absolute Gasteiger partial charge is 0.493 e. The molecule has 1 heterocycles. The Labute approximate surface area is 167 Å². The van der Waals surface area contributed by atoms with Crippen LogP contribution in [-0.2, 0) is 9.59 Å². The predicted octanol–water partition coefficient (Wildman–Crippen LogP) is 3.76. The first kappa shape index (κ1) is 20.2. The van der Waals surface area contributed by atoms with E-state index in [0.29, 0.717) is 26.0 Å². The molecule has 1 saturated heterocycles. The number of nitrogens with zero attached hydrogens (tertiary/aromatic N) is 1. The average Bonchev–Trinajstić information content (AvgIpc) is 2.71.